The molecule has 0 unspecified atom stereocenters. The first-order valence-electron chi connectivity index (χ1n) is 8.36. The van der Waals surface area contributed by atoms with E-state index in [0.717, 1.165) is 41.4 Å². The minimum Gasteiger partial charge on any atom is -0.370 e. The monoisotopic (exact) mass is 348 g/mol. The summed E-state index contributed by atoms with van der Waals surface area (Å²) in [5.41, 5.74) is 4.33. The van der Waals surface area contributed by atoms with Crippen LogP contribution in [0.4, 0.5) is 0 Å². The van der Waals surface area contributed by atoms with E-state index in [1.165, 1.54) is 18.4 Å². The number of ether oxygens (including phenoxy) is 1. The summed E-state index contributed by atoms with van der Waals surface area (Å²) < 4.78 is 33.4. The van der Waals surface area contributed by atoms with Crippen molar-refractivity contribution in [2.75, 3.05) is 12.9 Å². The predicted octanol–water partition coefficient (Wildman–Crippen LogP) is 3.25. The van der Waals surface area contributed by atoms with Gasteiger partial charge < -0.3 is 9.30 Å². The molecule has 0 saturated carbocycles. The lowest BCUT2D eigenvalue weighted by Crippen LogP contribution is -2.19. The fraction of sp³-hybridized carbons (Fsp3) is 0.444. The van der Waals surface area contributed by atoms with Crippen LogP contribution in [-0.4, -0.2) is 25.8 Å². The molecule has 0 bridgehead atoms. The molecule has 0 fully saturated rings. The summed E-state index contributed by atoms with van der Waals surface area (Å²) in [5.74, 6) is 0. The first-order valence-corrected chi connectivity index (χ1v) is 10.2. The third-order valence-corrected chi connectivity index (χ3v) is 4.87. The van der Waals surface area contributed by atoms with Crippen molar-refractivity contribution in [1.29, 1.82) is 0 Å². The van der Waals surface area contributed by atoms with Crippen molar-refractivity contribution in [3.8, 4) is 0 Å². The molecule has 1 aliphatic rings. The van der Waals surface area contributed by atoms with Crippen LogP contribution in [0.25, 0.3) is 16.5 Å². The molecule has 130 valence electrons. The summed E-state index contributed by atoms with van der Waals surface area (Å²) in [6, 6.07) is 8.30. The fourth-order valence-corrected chi connectivity index (χ4v) is 3.62. The van der Waals surface area contributed by atoms with Gasteiger partial charge in [-0.1, -0.05) is 38.0 Å². The Bertz CT molecular complexity index is 866. The average Bonchev–Trinajstić information content (AvgIpc) is 2.87. The van der Waals surface area contributed by atoms with Crippen LogP contribution in [0.1, 0.15) is 37.4 Å². The number of para-hydroxylation sites is 1. The number of sulfonamides is 1. The van der Waals surface area contributed by atoms with E-state index in [0.29, 0.717) is 13.2 Å². The van der Waals surface area contributed by atoms with Gasteiger partial charge in [-0.15, -0.1) is 0 Å². The maximum atomic E-state index is 11.4. The van der Waals surface area contributed by atoms with E-state index in [1.807, 2.05) is 12.1 Å². The van der Waals surface area contributed by atoms with Gasteiger partial charge in [0, 0.05) is 34.8 Å². The Kier molecular flexibility index (Phi) is 4.96. The molecule has 5 nitrogen and oxygen atoms in total. The van der Waals surface area contributed by atoms with Gasteiger partial charge in [-0.3, -0.25) is 4.72 Å². The van der Waals surface area contributed by atoms with Crippen molar-refractivity contribution in [1.82, 2.24) is 9.29 Å². The molecule has 24 heavy (non-hydrogen) atoms. The van der Waals surface area contributed by atoms with Gasteiger partial charge in [-0.05, 0) is 12.5 Å². The van der Waals surface area contributed by atoms with Crippen LogP contribution in [0.2, 0.25) is 0 Å². The summed E-state index contributed by atoms with van der Waals surface area (Å²) in [6.45, 7) is 4.13. The number of rotatable bonds is 6. The molecule has 1 aromatic carbocycles. The quantitative estimate of drug-likeness (QED) is 0.815. The smallest absolute Gasteiger partial charge is 0.229 e. The Balaban J connectivity index is 2.09. The number of hydrogen-bond acceptors (Lipinski definition) is 3. The molecule has 0 saturated heterocycles. The van der Waals surface area contributed by atoms with Crippen molar-refractivity contribution in [3.05, 3.63) is 41.7 Å². The van der Waals surface area contributed by atoms with Gasteiger partial charge in [0.05, 0.1) is 25.2 Å². The molecule has 0 spiro atoms. The molecule has 0 aliphatic carbocycles. The minimum absolute atomic E-state index is 0.415. The maximum absolute atomic E-state index is 11.4. The standard InChI is InChI=1S/C18H24N2O3S/c1-3-4-7-10-20-16-9-6-5-8-15(16)18-14(11-19-24(2,21)22)12-23-13-17(18)20/h5-6,8-9,11,19H,3-4,7,10,12-13H2,1-2H3/b14-11-. The Hall–Kier alpha value is -1.79. The van der Waals surface area contributed by atoms with E-state index in [9.17, 15) is 8.42 Å². The van der Waals surface area contributed by atoms with Crippen LogP contribution in [0.3, 0.4) is 0 Å². The van der Waals surface area contributed by atoms with Crippen LogP contribution in [0.15, 0.2) is 30.5 Å². The number of hydrogen-bond donors (Lipinski definition) is 1. The molecule has 0 atom stereocenters. The molecule has 3 rings (SSSR count). The highest BCUT2D eigenvalue weighted by molar-refractivity contribution is 7.88. The molecule has 0 radical (unpaired) electrons. The minimum atomic E-state index is -3.28. The number of nitrogens with zero attached hydrogens (tertiary/aromatic N) is 1. The zero-order chi connectivity index (χ0) is 17.2. The van der Waals surface area contributed by atoms with Crippen molar-refractivity contribution < 1.29 is 13.2 Å². The molecule has 0 amide bonds. The third kappa shape index (κ3) is 3.49. The average molecular weight is 348 g/mol. The van der Waals surface area contributed by atoms with E-state index >= 15 is 0 Å². The van der Waals surface area contributed by atoms with Crippen molar-refractivity contribution in [2.45, 2.75) is 39.3 Å². The highest BCUT2D eigenvalue weighted by atomic mass is 32.2. The van der Waals surface area contributed by atoms with E-state index < -0.39 is 10.0 Å². The Morgan fingerprint density at radius 1 is 1.25 bits per heavy atom. The van der Waals surface area contributed by atoms with E-state index in [1.54, 1.807) is 6.20 Å². The Labute approximate surface area is 143 Å². The molecular weight excluding hydrogens is 324 g/mol. The summed E-state index contributed by atoms with van der Waals surface area (Å²) >= 11 is 0. The van der Waals surface area contributed by atoms with E-state index in [4.69, 9.17) is 4.74 Å². The number of unbranched alkanes of at least 4 members (excludes halogenated alkanes) is 2. The van der Waals surface area contributed by atoms with Crippen molar-refractivity contribution in [2.24, 2.45) is 0 Å². The lowest BCUT2D eigenvalue weighted by Gasteiger charge is -2.19. The van der Waals surface area contributed by atoms with Gasteiger partial charge in [-0.25, -0.2) is 8.42 Å². The van der Waals surface area contributed by atoms with Crippen molar-refractivity contribution >= 4 is 26.5 Å². The summed E-state index contributed by atoms with van der Waals surface area (Å²) in [6.07, 6.45) is 6.23. The SMILES string of the molecule is CCCCCn1c2c(c3ccccc31)/C(=C\NS(C)(=O)=O)COC2. The maximum Gasteiger partial charge on any atom is 0.229 e. The van der Waals surface area contributed by atoms with Crippen LogP contribution in [0, 0.1) is 0 Å². The highest BCUT2D eigenvalue weighted by Gasteiger charge is 2.23. The van der Waals surface area contributed by atoms with Crippen LogP contribution in [0.5, 0.6) is 0 Å². The van der Waals surface area contributed by atoms with Crippen LogP contribution < -0.4 is 4.72 Å². The van der Waals surface area contributed by atoms with Gasteiger partial charge in [0.2, 0.25) is 10.0 Å². The first kappa shape index (κ1) is 17.0. The van der Waals surface area contributed by atoms with E-state index in [2.05, 4.69) is 28.3 Å². The molecule has 2 aromatic rings. The van der Waals surface area contributed by atoms with Gasteiger partial charge in [0.25, 0.3) is 0 Å². The number of aromatic nitrogens is 1. The number of fused-ring (bicyclic) bond motifs is 3. The van der Waals surface area contributed by atoms with Gasteiger partial charge in [-0.2, -0.15) is 0 Å². The molecule has 2 heterocycles. The molecule has 1 aliphatic heterocycles. The zero-order valence-electron chi connectivity index (χ0n) is 14.2. The highest BCUT2D eigenvalue weighted by Crippen LogP contribution is 2.35. The third-order valence-electron chi connectivity index (χ3n) is 4.33. The Morgan fingerprint density at radius 2 is 2.04 bits per heavy atom. The molecule has 6 heteroatoms. The summed E-state index contributed by atoms with van der Waals surface area (Å²) in [4.78, 5) is 0. The van der Waals surface area contributed by atoms with Crippen LogP contribution >= 0.6 is 0 Å². The second-order valence-electron chi connectivity index (χ2n) is 6.25. The molecule has 1 N–H and O–H groups in total. The largest absolute Gasteiger partial charge is 0.370 e. The Morgan fingerprint density at radius 3 is 2.79 bits per heavy atom. The van der Waals surface area contributed by atoms with Gasteiger partial charge in [0.15, 0.2) is 0 Å². The number of nitrogens with one attached hydrogen (secondary N) is 1. The van der Waals surface area contributed by atoms with Gasteiger partial charge in [0.1, 0.15) is 0 Å². The fourth-order valence-electron chi connectivity index (χ4n) is 3.26. The lowest BCUT2D eigenvalue weighted by atomic mass is 10.0. The van der Waals surface area contributed by atoms with Crippen molar-refractivity contribution in [3.63, 3.8) is 0 Å². The number of benzene rings is 1. The summed E-state index contributed by atoms with van der Waals surface area (Å²) in [5, 5.41) is 1.16. The lowest BCUT2D eigenvalue weighted by molar-refractivity contribution is 0.140. The molecular formula is C18H24N2O3S. The number of aryl methyl sites for hydroxylation is 1. The topological polar surface area (TPSA) is 60.3 Å². The van der Waals surface area contributed by atoms with E-state index in [-0.39, 0.29) is 0 Å². The van der Waals surface area contributed by atoms with Crippen LogP contribution in [-0.2, 0) is 27.9 Å². The molecule has 1 aromatic heterocycles. The predicted molar refractivity (Wildman–Crippen MR) is 97.1 cm³/mol. The first-order chi connectivity index (χ1) is 11.5. The second-order valence-corrected chi connectivity index (χ2v) is 8.03. The van der Waals surface area contributed by atoms with Gasteiger partial charge >= 0.3 is 0 Å². The normalized spacial score (nSPS) is 16.5. The summed E-state index contributed by atoms with van der Waals surface area (Å²) in [7, 11) is -3.28. The zero-order valence-corrected chi connectivity index (χ0v) is 15.0. The second kappa shape index (κ2) is 6.99.